The second-order valence-electron chi connectivity index (χ2n) is 5.50. The van der Waals surface area contributed by atoms with E-state index in [2.05, 4.69) is 16.8 Å². The number of hydrogen-bond donors (Lipinski definition) is 0. The van der Waals surface area contributed by atoms with Crippen LogP contribution in [0, 0.1) is 5.92 Å². The number of aldehydes is 1. The van der Waals surface area contributed by atoms with Gasteiger partial charge >= 0.3 is 0 Å². The summed E-state index contributed by atoms with van der Waals surface area (Å²) < 4.78 is 2.22. The van der Waals surface area contributed by atoms with Gasteiger partial charge in [-0.15, -0.1) is 0 Å². The molecule has 1 aromatic heterocycles. The van der Waals surface area contributed by atoms with Gasteiger partial charge in [-0.1, -0.05) is 36.9 Å². The molecule has 0 unspecified atom stereocenters. The van der Waals surface area contributed by atoms with Crippen molar-refractivity contribution in [2.24, 2.45) is 5.92 Å². The molecular weight excluding hydrogens is 258 g/mol. The second kappa shape index (κ2) is 5.38. The van der Waals surface area contributed by atoms with Gasteiger partial charge in [-0.3, -0.25) is 4.79 Å². The summed E-state index contributed by atoms with van der Waals surface area (Å²) in [5.41, 5.74) is 1.59. The van der Waals surface area contributed by atoms with Crippen molar-refractivity contribution in [2.75, 3.05) is 0 Å². The molecule has 0 radical (unpaired) electrons. The van der Waals surface area contributed by atoms with Gasteiger partial charge in [0.05, 0.1) is 10.5 Å². The lowest BCUT2D eigenvalue weighted by molar-refractivity contribution is 0.112. The van der Waals surface area contributed by atoms with Gasteiger partial charge in [-0.05, 0) is 30.9 Å². The normalized spacial score (nSPS) is 16.9. The van der Waals surface area contributed by atoms with Crippen LogP contribution in [0.3, 0.4) is 0 Å². The van der Waals surface area contributed by atoms with Gasteiger partial charge in [0.1, 0.15) is 0 Å². The molecule has 0 atom stereocenters. The van der Waals surface area contributed by atoms with Crippen LogP contribution in [0.1, 0.15) is 42.5 Å². The van der Waals surface area contributed by atoms with Crippen LogP contribution in [0.5, 0.6) is 0 Å². The number of aromatic nitrogens is 1. The summed E-state index contributed by atoms with van der Waals surface area (Å²) in [6.45, 7) is 1.02. The zero-order valence-corrected chi connectivity index (χ0v) is 11.7. The predicted molar refractivity (Wildman–Crippen MR) is 78.9 cm³/mol. The van der Waals surface area contributed by atoms with E-state index in [9.17, 15) is 4.79 Å². The number of nitrogens with zero attached hydrogens (tertiary/aromatic N) is 1. The lowest BCUT2D eigenvalue weighted by Crippen LogP contribution is -2.13. The summed E-state index contributed by atoms with van der Waals surface area (Å²) in [4.78, 5) is 11.0. The molecule has 1 aromatic carbocycles. The first-order valence-electron chi connectivity index (χ1n) is 7.02. The van der Waals surface area contributed by atoms with Crippen LogP contribution < -0.4 is 0 Å². The van der Waals surface area contributed by atoms with Crippen molar-refractivity contribution in [1.82, 2.24) is 4.57 Å². The minimum atomic E-state index is 0.581. The molecule has 0 N–H and O–H groups in total. The molecular formula is C16H18ClNO. The third-order valence-corrected chi connectivity index (χ3v) is 4.60. The molecule has 0 saturated heterocycles. The summed E-state index contributed by atoms with van der Waals surface area (Å²) in [5.74, 6) is 0.750. The SMILES string of the molecule is O=Cc1ccc2ccn(CC3CCCCC3)c2c1Cl. The molecule has 0 bridgehead atoms. The summed E-state index contributed by atoms with van der Waals surface area (Å²) in [6.07, 6.45) is 9.61. The molecule has 1 heterocycles. The van der Waals surface area contributed by atoms with Gasteiger partial charge in [0.2, 0.25) is 0 Å². The van der Waals surface area contributed by atoms with Gasteiger partial charge in [0.15, 0.2) is 6.29 Å². The van der Waals surface area contributed by atoms with Crippen molar-refractivity contribution < 1.29 is 4.79 Å². The number of benzene rings is 1. The highest BCUT2D eigenvalue weighted by Crippen LogP contribution is 2.31. The Hall–Kier alpha value is -1.28. The summed E-state index contributed by atoms with van der Waals surface area (Å²) in [7, 11) is 0. The number of fused-ring (bicyclic) bond motifs is 1. The quantitative estimate of drug-likeness (QED) is 0.745. The highest BCUT2D eigenvalue weighted by atomic mass is 35.5. The smallest absolute Gasteiger partial charge is 0.151 e. The summed E-state index contributed by atoms with van der Waals surface area (Å²) in [5, 5.41) is 1.71. The second-order valence-corrected chi connectivity index (χ2v) is 5.87. The lowest BCUT2D eigenvalue weighted by atomic mass is 9.89. The molecule has 2 aromatic rings. The van der Waals surface area contributed by atoms with Crippen LogP contribution in [0.25, 0.3) is 10.9 Å². The summed E-state index contributed by atoms with van der Waals surface area (Å²) in [6, 6.07) is 5.85. The number of hydrogen-bond acceptors (Lipinski definition) is 1. The van der Waals surface area contributed by atoms with Crippen molar-refractivity contribution in [3.05, 3.63) is 35.0 Å². The molecule has 2 nitrogen and oxygen atoms in total. The standard InChI is InChI=1S/C16H18ClNO/c17-15-14(11-19)7-6-13-8-9-18(16(13)15)10-12-4-2-1-3-5-12/h6-9,11-12H,1-5,10H2. The van der Waals surface area contributed by atoms with E-state index in [-0.39, 0.29) is 0 Å². The van der Waals surface area contributed by atoms with Crippen LogP contribution in [-0.2, 0) is 6.54 Å². The molecule has 100 valence electrons. The Balaban J connectivity index is 1.96. The Morgan fingerprint density at radius 3 is 2.74 bits per heavy atom. The van der Waals surface area contributed by atoms with Crippen LogP contribution in [0.2, 0.25) is 5.02 Å². The summed E-state index contributed by atoms with van der Waals surface area (Å²) >= 11 is 6.35. The number of carbonyl (C=O) groups is 1. The van der Waals surface area contributed by atoms with E-state index in [1.54, 1.807) is 6.07 Å². The molecule has 1 fully saturated rings. The fraction of sp³-hybridized carbons (Fsp3) is 0.438. The lowest BCUT2D eigenvalue weighted by Gasteiger charge is -2.22. The van der Waals surface area contributed by atoms with Crippen molar-refractivity contribution in [3.63, 3.8) is 0 Å². The van der Waals surface area contributed by atoms with Crippen molar-refractivity contribution in [1.29, 1.82) is 0 Å². The number of carbonyl (C=O) groups excluding carboxylic acids is 1. The van der Waals surface area contributed by atoms with Crippen LogP contribution in [0.15, 0.2) is 24.4 Å². The third-order valence-electron chi connectivity index (χ3n) is 4.21. The van der Waals surface area contributed by atoms with E-state index in [4.69, 9.17) is 11.6 Å². The Morgan fingerprint density at radius 2 is 2.00 bits per heavy atom. The van der Waals surface area contributed by atoms with Crippen LogP contribution in [-0.4, -0.2) is 10.9 Å². The Morgan fingerprint density at radius 1 is 1.21 bits per heavy atom. The van der Waals surface area contributed by atoms with E-state index < -0.39 is 0 Å². The van der Waals surface area contributed by atoms with Gasteiger partial charge in [-0.2, -0.15) is 0 Å². The number of rotatable bonds is 3. The molecule has 3 rings (SSSR count). The minimum absolute atomic E-state index is 0.581. The minimum Gasteiger partial charge on any atom is -0.346 e. The highest BCUT2D eigenvalue weighted by Gasteiger charge is 2.16. The Kier molecular flexibility index (Phi) is 3.61. The average Bonchev–Trinajstić information content (AvgIpc) is 2.84. The fourth-order valence-corrected chi connectivity index (χ4v) is 3.48. The largest absolute Gasteiger partial charge is 0.346 e. The van der Waals surface area contributed by atoms with E-state index in [1.807, 2.05) is 6.07 Å². The maximum Gasteiger partial charge on any atom is 0.151 e. The molecule has 0 amide bonds. The van der Waals surface area contributed by atoms with Crippen LogP contribution in [0.4, 0.5) is 0 Å². The van der Waals surface area contributed by atoms with E-state index in [0.717, 1.165) is 29.7 Å². The number of halogens is 1. The van der Waals surface area contributed by atoms with Crippen molar-refractivity contribution in [3.8, 4) is 0 Å². The zero-order valence-electron chi connectivity index (χ0n) is 10.9. The van der Waals surface area contributed by atoms with Gasteiger partial charge in [0, 0.05) is 23.7 Å². The zero-order chi connectivity index (χ0) is 13.2. The first-order valence-corrected chi connectivity index (χ1v) is 7.40. The molecule has 1 aliphatic rings. The van der Waals surface area contributed by atoms with Crippen LogP contribution >= 0.6 is 11.6 Å². The van der Waals surface area contributed by atoms with E-state index >= 15 is 0 Å². The molecule has 0 aliphatic heterocycles. The first kappa shape index (κ1) is 12.7. The fourth-order valence-electron chi connectivity index (χ4n) is 3.16. The highest BCUT2D eigenvalue weighted by molar-refractivity contribution is 6.37. The van der Waals surface area contributed by atoms with Gasteiger partial charge < -0.3 is 4.57 Å². The average molecular weight is 276 g/mol. The monoisotopic (exact) mass is 275 g/mol. The van der Waals surface area contributed by atoms with Gasteiger partial charge in [0.25, 0.3) is 0 Å². The van der Waals surface area contributed by atoms with Crippen molar-refractivity contribution in [2.45, 2.75) is 38.6 Å². The Bertz CT molecular complexity index is 596. The van der Waals surface area contributed by atoms with Crippen molar-refractivity contribution >= 4 is 28.8 Å². The molecule has 19 heavy (non-hydrogen) atoms. The molecule has 1 aliphatic carbocycles. The topological polar surface area (TPSA) is 22.0 Å². The Labute approximate surface area is 118 Å². The molecule has 0 spiro atoms. The first-order chi connectivity index (χ1) is 9.29. The maximum absolute atomic E-state index is 11.0. The van der Waals surface area contributed by atoms with E-state index in [0.29, 0.717) is 10.6 Å². The molecule has 3 heteroatoms. The van der Waals surface area contributed by atoms with Gasteiger partial charge in [-0.25, -0.2) is 0 Å². The predicted octanol–water partition coefficient (Wildman–Crippen LogP) is 4.69. The third kappa shape index (κ3) is 2.42. The molecule has 1 saturated carbocycles. The maximum atomic E-state index is 11.0. The van der Waals surface area contributed by atoms with E-state index in [1.165, 1.54) is 32.1 Å².